The van der Waals surface area contributed by atoms with Crippen LogP contribution in [0.1, 0.15) is 19.3 Å². The third-order valence-corrected chi connectivity index (χ3v) is 2.79. The van der Waals surface area contributed by atoms with Gasteiger partial charge in [-0.2, -0.15) is 0 Å². The minimum Gasteiger partial charge on any atom is -0.381 e. The van der Waals surface area contributed by atoms with Crippen molar-refractivity contribution in [2.24, 2.45) is 5.92 Å². The van der Waals surface area contributed by atoms with Gasteiger partial charge in [-0.05, 0) is 31.2 Å². The summed E-state index contributed by atoms with van der Waals surface area (Å²) in [7, 11) is 0. The third kappa shape index (κ3) is 3.96. The van der Waals surface area contributed by atoms with Crippen molar-refractivity contribution in [1.29, 1.82) is 0 Å². The lowest BCUT2D eigenvalue weighted by Crippen LogP contribution is -2.09. The fourth-order valence-electron chi connectivity index (χ4n) is 1.60. The van der Waals surface area contributed by atoms with Crippen LogP contribution >= 0.6 is 0 Å². The molecule has 2 rings (SSSR count). The smallest absolute Gasteiger partial charge is 0.311 e. The second-order valence-electron chi connectivity index (χ2n) is 4.43. The van der Waals surface area contributed by atoms with Crippen LogP contribution in [-0.2, 0) is 4.74 Å². The highest BCUT2D eigenvalue weighted by Crippen LogP contribution is 2.28. The molecule has 6 heteroatoms. The van der Waals surface area contributed by atoms with Crippen molar-refractivity contribution < 1.29 is 9.66 Å². The molecule has 1 N–H and O–H groups in total. The topological polar surface area (TPSA) is 77.3 Å². The van der Waals surface area contributed by atoms with Crippen molar-refractivity contribution in [3.05, 3.63) is 28.4 Å². The first-order valence-corrected chi connectivity index (χ1v) is 6.18. The maximum Gasteiger partial charge on any atom is 0.311 e. The highest BCUT2D eigenvalue weighted by atomic mass is 16.6. The van der Waals surface area contributed by atoms with Crippen LogP contribution < -0.4 is 5.32 Å². The molecule has 0 saturated heterocycles. The van der Waals surface area contributed by atoms with Gasteiger partial charge in [-0.3, -0.25) is 10.1 Å². The Hall–Kier alpha value is -1.69. The van der Waals surface area contributed by atoms with Crippen molar-refractivity contribution in [2.45, 2.75) is 19.3 Å². The second-order valence-corrected chi connectivity index (χ2v) is 4.43. The summed E-state index contributed by atoms with van der Waals surface area (Å²) in [5, 5.41) is 13.7. The van der Waals surface area contributed by atoms with Gasteiger partial charge in [0.2, 0.25) is 5.82 Å². The summed E-state index contributed by atoms with van der Waals surface area (Å²) >= 11 is 0. The van der Waals surface area contributed by atoms with Crippen molar-refractivity contribution >= 4 is 11.5 Å². The zero-order valence-electron chi connectivity index (χ0n) is 10.2. The van der Waals surface area contributed by atoms with Gasteiger partial charge in [-0.15, -0.1) is 0 Å². The Labute approximate surface area is 106 Å². The van der Waals surface area contributed by atoms with Gasteiger partial charge in [0.15, 0.2) is 0 Å². The molecule has 1 saturated carbocycles. The van der Waals surface area contributed by atoms with Gasteiger partial charge in [0, 0.05) is 32.0 Å². The number of pyridine rings is 1. The summed E-state index contributed by atoms with van der Waals surface area (Å²) in [6, 6.07) is 3.00. The number of hydrogen-bond donors (Lipinski definition) is 1. The number of anilines is 1. The van der Waals surface area contributed by atoms with Gasteiger partial charge < -0.3 is 10.1 Å². The minimum absolute atomic E-state index is 0.0106. The largest absolute Gasteiger partial charge is 0.381 e. The molecule has 1 heterocycles. The maximum atomic E-state index is 10.7. The van der Waals surface area contributed by atoms with Crippen LogP contribution in [0, 0.1) is 16.0 Å². The number of aromatic nitrogens is 1. The van der Waals surface area contributed by atoms with Crippen molar-refractivity contribution in [3.8, 4) is 0 Å². The monoisotopic (exact) mass is 251 g/mol. The molecule has 0 unspecified atom stereocenters. The predicted molar refractivity (Wildman–Crippen MR) is 67.5 cm³/mol. The molecule has 0 aliphatic heterocycles. The Morgan fingerprint density at radius 2 is 2.39 bits per heavy atom. The molecule has 0 amide bonds. The summed E-state index contributed by atoms with van der Waals surface area (Å²) in [4.78, 5) is 14.3. The zero-order chi connectivity index (χ0) is 12.8. The van der Waals surface area contributed by atoms with E-state index in [-0.39, 0.29) is 5.69 Å². The van der Waals surface area contributed by atoms with E-state index in [1.807, 2.05) is 0 Å². The van der Waals surface area contributed by atoms with Crippen molar-refractivity contribution in [2.75, 3.05) is 25.1 Å². The van der Waals surface area contributed by atoms with E-state index >= 15 is 0 Å². The normalized spacial score (nSPS) is 14.4. The highest BCUT2D eigenvalue weighted by molar-refractivity contribution is 5.54. The molecule has 0 radical (unpaired) electrons. The molecule has 6 nitrogen and oxygen atoms in total. The molecule has 1 aliphatic carbocycles. The Bertz CT molecular complexity index is 407. The number of nitrogens with zero attached hydrogens (tertiary/aromatic N) is 2. The van der Waals surface area contributed by atoms with E-state index in [0.29, 0.717) is 19.0 Å². The lowest BCUT2D eigenvalue weighted by atomic mass is 10.3. The highest BCUT2D eigenvalue weighted by Gasteiger charge is 2.20. The van der Waals surface area contributed by atoms with Crippen LogP contribution in [-0.4, -0.2) is 29.7 Å². The van der Waals surface area contributed by atoms with Gasteiger partial charge in [-0.25, -0.2) is 4.98 Å². The van der Waals surface area contributed by atoms with E-state index in [0.717, 1.165) is 18.9 Å². The maximum absolute atomic E-state index is 10.7. The van der Waals surface area contributed by atoms with E-state index in [4.69, 9.17) is 4.74 Å². The lowest BCUT2D eigenvalue weighted by Gasteiger charge is -2.06. The van der Waals surface area contributed by atoms with Gasteiger partial charge in [0.05, 0.1) is 4.92 Å². The van der Waals surface area contributed by atoms with Gasteiger partial charge in [0.25, 0.3) is 0 Å². The summed E-state index contributed by atoms with van der Waals surface area (Å²) in [5.41, 5.74) is 0.0106. The zero-order valence-corrected chi connectivity index (χ0v) is 10.2. The fraction of sp³-hybridized carbons (Fsp3) is 0.583. The lowest BCUT2D eigenvalue weighted by molar-refractivity contribution is -0.384. The predicted octanol–water partition coefficient (Wildman–Crippen LogP) is 2.22. The number of ether oxygens (including phenoxy) is 1. The first-order chi connectivity index (χ1) is 8.77. The molecule has 1 aromatic rings. The standard InChI is InChI=1S/C12H17N3O3/c16-15(17)11-3-1-6-13-12(11)14-7-2-8-18-9-10-4-5-10/h1,3,6,10H,2,4-5,7-9H2,(H,13,14). The number of nitrogens with one attached hydrogen (secondary N) is 1. The summed E-state index contributed by atoms with van der Waals surface area (Å²) in [6.45, 7) is 2.16. The molecule has 18 heavy (non-hydrogen) atoms. The molecule has 0 spiro atoms. The summed E-state index contributed by atoms with van der Waals surface area (Å²) in [6.07, 6.45) is 4.94. The number of hydrogen-bond acceptors (Lipinski definition) is 5. The number of nitro groups is 1. The van der Waals surface area contributed by atoms with Crippen LogP contribution in [0.3, 0.4) is 0 Å². The fourth-order valence-corrected chi connectivity index (χ4v) is 1.60. The van der Waals surface area contributed by atoms with Crippen LogP contribution in [0.15, 0.2) is 18.3 Å². The third-order valence-electron chi connectivity index (χ3n) is 2.79. The molecule has 1 aromatic heterocycles. The van der Waals surface area contributed by atoms with E-state index in [9.17, 15) is 10.1 Å². The van der Waals surface area contributed by atoms with Crippen LogP contribution in [0.5, 0.6) is 0 Å². The molecule has 98 valence electrons. The van der Waals surface area contributed by atoms with E-state index in [1.54, 1.807) is 12.3 Å². The van der Waals surface area contributed by atoms with Gasteiger partial charge in [0.1, 0.15) is 0 Å². The van der Waals surface area contributed by atoms with Gasteiger partial charge >= 0.3 is 5.69 Å². The van der Waals surface area contributed by atoms with Crippen LogP contribution in [0.25, 0.3) is 0 Å². The van der Waals surface area contributed by atoms with Crippen LogP contribution in [0.2, 0.25) is 0 Å². The SMILES string of the molecule is O=[N+]([O-])c1cccnc1NCCCOCC1CC1. The molecule has 0 atom stereocenters. The minimum atomic E-state index is -0.432. The Balaban J connectivity index is 1.67. The van der Waals surface area contributed by atoms with E-state index < -0.39 is 4.92 Å². The summed E-state index contributed by atoms with van der Waals surface area (Å²) < 4.78 is 5.48. The second kappa shape index (κ2) is 6.30. The summed E-state index contributed by atoms with van der Waals surface area (Å²) in [5.74, 6) is 1.10. The van der Waals surface area contributed by atoms with Crippen LogP contribution in [0.4, 0.5) is 11.5 Å². The van der Waals surface area contributed by atoms with Gasteiger partial charge in [-0.1, -0.05) is 0 Å². The van der Waals surface area contributed by atoms with Crippen molar-refractivity contribution in [1.82, 2.24) is 4.98 Å². The Morgan fingerprint density at radius 1 is 1.56 bits per heavy atom. The molecule has 1 aliphatic rings. The van der Waals surface area contributed by atoms with Crippen molar-refractivity contribution in [3.63, 3.8) is 0 Å². The van der Waals surface area contributed by atoms with E-state index in [1.165, 1.54) is 18.9 Å². The molecule has 0 aromatic carbocycles. The first kappa shape index (κ1) is 12.8. The molecular formula is C12H17N3O3. The average Bonchev–Trinajstić information content (AvgIpc) is 3.18. The quantitative estimate of drug-likeness (QED) is 0.435. The first-order valence-electron chi connectivity index (χ1n) is 6.18. The molecule has 1 fully saturated rings. The Kier molecular flexibility index (Phi) is 4.46. The average molecular weight is 251 g/mol. The Morgan fingerprint density at radius 3 is 3.11 bits per heavy atom. The van der Waals surface area contributed by atoms with E-state index in [2.05, 4.69) is 10.3 Å². The molecule has 0 bridgehead atoms. The number of rotatable bonds is 8. The molecular weight excluding hydrogens is 234 g/mol.